The number of nitrogens with zero attached hydrogens (tertiary/aromatic N) is 1. The van der Waals surface area contributed by atoms with Gasteiger partial charge in [0.15, 0.2) is 11.5 Å². The summed E-state index contributed by atoms with van der Waals surface area (Å²) in [5.41, 5.74) is 8.98. The molecular formula is C15H20N2O. The van der Waals surface area contributed by atoms with E-state index in [0.29, 0.717) is 11.8 Å². The normalized spacial score (nSPS) is 24.6. The van der Waals surface area contributed by atoms with E-state index in [-0.39, 0.29) is 0 Å². The Labute approximate surface area is 107 Å². The van der Waals surface area contributed by atoms with Crippen LogP contribution in [0.15, 0.2) is 22.6 Å². The molecule has 0 saturated heterocycles. The highest BCUT2D eigenvalue weighted by Crippen LogP contribution is 2.37. The van der Waals surface area contributed by atoms with Crippen LogP contribution in [0.4, 0.5) is 0 Å². The molecule has 2 N–H and O–H groups in total. The van der Waals surface area contributed by atoms with Crippen LogP contribution in [-0.4, -0.2) is 11.5 Å². The van der Waals surface area contributed by atoms with E-state index in [1.807, 2.05) is 6.07 Å². The fourth-order valence-corrected chi connectivity index (χ4v) is 3.03. The first-order valence-corrected chi connectivity index (χ1v) is 6.85. The standard InChI is InChI=1S/C15H20N2O/c1-10-6-7-14-13(8-10)17-15(18-14)12-5-3-2-4-11(12)9-16/h6-8,11-12H,2-5,9,16H2,1H3. The van der Waals surface area contributed by atoms with Crippen molar-refractivity contribution in [3.05, 3.63) is 29.7 Å². The predicted molar refractivity (Wildman–Crippen MR) is 72.5 cm³/mol. The lowest BCUT2D eigenvalue weighted by Crippen LogP contribution is -2.25. The van der Waals surface area contributed by atoms with Crippen molar-refractivity contribution in [1.29, 1.82) is 0 Å². The van der Waals surface area contributed by atoms with Crippen molar-refractivity contribution < 1.29 is 4.42 Å². The molecule has 2 atom stereocenters. The highest BCUT2D eigenvalue weighted by Gasteiger charge is 2.29. The summed E-state index contributed by atoms with van der Waals surface area (Å²) in [6.07, 6.45) is 4.92. The van der Waals surface area contributed by atoms with Gasteiger partial charge >= 0.3 is 0 Å². The number of nitrogens with two attached hydrogens (primary N) is 1. The van der Waals surface area contributed by atoms with Gasteiger partial charge in [-0.1, -0.05) is 18.9 Å². The van der Waals surface area contributed by atoms with Gasteiger partial charge in [-0.15, -0.1) is 0 Å². The molecule has 3 heteroatoms. The van der Waals surface area contributed by atoms with Crippen molar-refractivity contribution in [2.75, 3.05) is 6.54 Å². The average molecular weight is 244 g/mol. The maximum absolute atomic E-state index is 5.93. The van der Waals surface area contributed by atoms with Crippen molar-refractivity contribution in [2.45, 2.75) is 38.5 Å². The minimum Gasteiger partial charge on any atom is -0.440 e. The molecule has 0 spiro atoms. The van der Waals surface area contributed by atoms with E-state index in [2.05, 4.69) is 24.0 Å². The number of hydrogen-bond donors (Lipinski definition) is 1. The minimum absolute atomic E-state index is 0.413. The Morgan fingerprint density at radius 2 is 2.17 bits per heavy atom. The van der Waals surface area contributed by atoms with Crippen molar-refractivity contribution in [2.24, 2.45) is 11.7 Å². The number of oxazole rings is 1. The van der Waals surface area contributed by atoms with Gasteiger partial charge in [0.05, 0.1) is 0 Å². The van der Waals surface area contributed by atoms with Crippen molar-refractivity contribution in [1.82, 2.24) is 4.98 Å². The van der Waals surface area contributed by atoms with Crippen LogP contribution >= 0.6 is 0 Å². The predicted octanol–water partition coefficient (Wildman–Crippen LogP) is 3.37. The molecule has 1 fully saturated rings. The summed E-state index contributed by atoms with van der Waals surface area (Å²) in [4.78, 5) is 4.67. The summed E-state index contributed by atoms with van der Waals surface area (Å²) in [7, 11) is 0. The SMILES string of the molecule is Cc1ccc2oc(C3CCCCC3CN)nc2c1. The lowest BCUT2D eigenvalue weighted by Gasteiger charge is -2.27. The fraction of sp³-hybridized carbons (Fsp3) is 0.533. The van der Waals surface area contributed by atoms with Gasteiger partial charge in [-0.3, -0.25) is 0 Å². The molecule has 96 valence electrons. The van der Waals surface area contributed by atoms with Gasteiger partial charge in [-0.05, 0) is 49.9 Å². The summed E-state index contributed by atoms with van der Waals surface area (Å²) in [6, 6.07) is 6.17. The van der Waals surface area contributed by atoms with Crippen LogP contribution in [0.3, 0.4) is 0 Å². The molecule has 3 rings (SSSR count). The van der Waals surface area contributed by atoms with Crippen LogP contribution in [-0.2, 0) is 0 Å². The van der Waals surface area contributed by atoms with E-state index in [0.717, 1.165) is 30.0 Å². The Bertz CT molecular complexity index is 546. The molecule has 0 amide bonds. The van der Waals surface area contributed by atoms with Gasteiger partial charge in [0.1, 0.15) is 5.52 Å². The zero-order chi connectivity index (χ0) is 12.5. The van der Waals surface area contributed by atoms with Crippen LogP contribution in [0.1, 0.15) is 43.1 Å². The largest absolute Gasteiger partial charge is 0.440 e. The molecule has 2 unspecified atom stereocenters. The second kappa shape index (κ2) is 4.73. The summed E-state index contributed by atoms with van der Waals surface area (Å²) in [5.74, 6) is 1.84. The summed E-state index contributed by atoms with van der Waals surface area (Å²) < 4.78 is 5.93. The number of hydrogen-bond acceptors (Lipinski definition) is 3. The number of aromatic nitrogens is 1. The first-order valence-electron chi connectivity index (χ1n) is 6.85. The second-order valence-corrected chi connectivity index (χ2v) is 5.41. The second-order valence-electron chi connectivity index (χ2n) is 5.41. The highest BCUT2D eigenvalue weighted by atomic mass is 16.3. The molecule has 1 aliphatic carbocycles. The summed E-state index contributed by atoms with van der Waals surface area (Å²) in [6.45, 7) is 2.82. The topological polar surface area (TPSA) is 52.0 Å². The average Bonchev–Trinajstić information content (AvgIpc) is 2.81. The molecule has 3 nitrogen and oxygen atoms in total. The van der Waals surface area contributed by atoms with E-state index in [9.17, 15) is 0 Å². The van der Waals surface area contributed by atoms with Crippen LogP contribution in [0.2, 0.25) is 0 Å². The third-order valence-electron chi connectivity index (χ3n) is 4.09. The number of aryl methyl sites for hydroxylation is 1. The molecule has 1 aromatic carbocycles. The summed E-state index contributed by atoms with van der Waals surface area (Å²) >= 11 is 0. The maximum Gasteiger partial charge on any atom is 0.198 e. The number of rotatable bonds is 2. The first-order chi connectivity index (χ1) is 8.78. The van der Waals surface area contributed by atoms with Crippen LogP contribution in [0.25, 0.3) is 11.1 Å². The molecule has 18 heavy (non-hydrogen) atoms. The minimum atomic E-state index is 0.413. The van der Waals surface area contributed by atoms with Gasteiger partial charge in [0.2, 0.25) is 0 Å². The molecular weight excluding hydrogens is 224 g/mol. The van der Waals surface area contributed by atoms with Gasteiger partial charge in [0.25, 0.3) is 0 Å². The molecule has 0 bridgehead atoms. The van der Waals surface area contributed by atoms with Gasteiger partial charge in [-0.25, -0.2) is 4.98 Å². The maximum atomic E-state index is 5.93. The Kier molecular flexibility index (Phi) is 3.08. The van der Waals surface area contributed by atoms with Gasteiger partial charge in [-0.2, -0.15) is 0 Å². The quantitative estimate of drug-likeness (QED) is 0.881. The molecule has 1 aliphatic rings. The van der Waals surface area contributed by atoms with Gasteiger partial charge < -0.3 is 10.2 Å². The molecule has 2 aromatic rings. The van der Waals surface area contributed by atoms with Crippen LogP contribution in [0.5, 0.6) is 0 Å². The molecule has 0 aliphatic heterocycles. The van der Waals surface area contributed by atoms with E-state index >= 15 is 0 Å². The van der Waals surface area contributed by atoms with E-state index in [1.54, 1.807) is 0 Å². The molecule has 0 radical (unpaired) electrons. The zero-order valence-electron chi connectivity index (χ0n) is 10.9. The van der Waals surface area contributed by atoms with E-state index in [4.69, 9.17) is 10.2 Å². The van der Waals surface area contributed by atoms with Crippen LogP contribution < -0.4 is 5.73 Å². The Morgan fingerprint density at radius 1 is 1.33 bits per heavy atom. The summed E-state index contributed by atoms with van der Waals surface area (Å²) in [5, 5.41) is 0. The third-order valence-corrected chi connectivity index (χ3v) is 4.09. The third kappa shape index (κ3) is 2.03. The fourth-order valence-electron chi connectivity index (χ4n) is 3.03. The van der Waals surface area contributed by atoms with Crippen molar-refractivity contribution in [3.8, 4) is 0 Å². The molecule has 1 saturated carbocycles. The number of fused-ring (bicyclic) bond motifs is 1. The van der Waals surface area contributed by atoms with E-state index in [1.165, 1.54) is 24.8 Å². The molecule has 1 heterocycles. The zero-order valence-corrected chi connectivity index (χ0v) is 10.9. The van der Waals surface area contributed by atoms with E-state index < -0.39 is 0 Å². The Balaban J connectivity index is 1.97. The smallest absolute Gasteiger partial charge is 0.198 e. The Hall–Kier alpha value is -1.35. The van der Waals surface area contributed by atoms with Gasteiger partial charge in [0, 0.05) is 5.92 Å². The molecule has 1 aromatic heterocycles. The van der Waals surface area contributed by atoms with Crippen LogP contribution in [0, 0.1) is 12.8 Å². The van der Waals surface area contributed by atoms with Crippen molar-refractivity contribution in [3.63, 3.8) is 0 Å². The number of benzene rings is 1. The lowest BCUT2D eigenvalue weighted by molar-refractivity contribution is 0.275. The lowest BCUT2D eigenvalue weighted by atomic mass is 9.79. The van der Waals surface area contributed by atoms with Crippen molar-refractivity contribution >= 4 is 11.1 Å². The Morgan fingerprint density at radius 3 is 3.00 bits per heavy atom. The monoisotopic (exact) mass is 244 g/mol. The highest BCUT2D eigenvalue weighted by molar-refractivity contribution is 5.73. The first kappa shape index (κ1) is 11.7.